The molecule has 7 heteroatoms. The molecule has 1 atom stereocenters. The molecule has 92 valence electrons. The van der Waals surface area contributed by atoms with Crippen LogP contribution in [0.5, 0.6) is 0 Å². The van der Waals surface area contributed by atoms with E-state index >= 15 is 0 Å². The summed E-state index contributed by atoms with van der Waals surface area (Å²) in [5.74, 6) is 0.767. The first-order chi connectivity index (χ1) is 7.36. The predicted octanol–water partition coefficient (Wildman–Crippen LogP) is 2.85. The summed E-state index contributed by atoms with van der Waals surface area (Å²) in [6.07, 6.45) is 1.96. The van der Waals surface area contributed by atoms with Gasteiger partial charge in [0.05, 0.1) is 8.68 Å². The van der Waals surface area contributed by atoms with E-state index < -0.39 is 10.0 Å². The van der Waals surface area contributed by atoms with E-state index in [0.29, 0.717) is 4.90 Å². The van der Waals surface area contributed by atoms with E-state index in [1.165, 1.54) is 11.3 Å². The lowest BCUT2D eigenvalue weighted by atomic mass is 10.4. The second-order valence-corrected chi connectivity index (χ2v) is 8.68. The molecule has 0 spiro atoms. The Kier molecular flexibility index (Phi) is 5.31. The first-order valence-electron chi connectivity index (χ1n) is 4.64. The van der Waals surface area contributed by atoms with Gasteiger partial charge in [0, 0.05) is 16.7 Å². The number of thioether (sulfide) groups is 1. The molecule has 16 heavy (non-hydrogen) atoms. The largest absolute Gasteiger partial charge is 0.241 e. The Bertz CT molecular complexity index is 455. The number of rotatable bonds is 5. The first kappa shape index (κ1) is 14.5. The number of thiophene rings is 1. The fourth-order valence-electron chi connectivity index (χ4n) is 1.31. The van der Waals surface area contributed by atoms with Crippen molar-refractivity contribution in [3.63, 3.8) is 0 Å². The Hall–Kier alpha value is 0.440. The zero-order chi connectivity index (χ0) is 12.3. The van der Waals surface area contributed by atoms with Gasteiger partial charge < -0.3 is 0 Å². The summed E-state index contributed by atoms with van der Waals surface area (Å²) in [4.78, 5) is 1.17. The van der Waals surface area contributed by atoms with Crippen LogP contribution in [-0.2, 0) is 10.0 Å². The van der Waals surface area contributed by atoms with Crippen molar-refractivity contribution in [1.82, 2.24) is 4.72 Å². The zero-order valence-corrected chi connectivity index (χ0v) is 13.3. The highest BCUT2D eigenvalue weighted by atomic mass is 79.9. The van der Waals surface area contributed by atoms with Gasteiger partial charge >= 0.3 is 0 Å². The molecule has 1 N–H and O–H groups in total. The van der Waals surface area contributed by atoms with Gasteiger partial charge in [-0.1, -0.05) is 0 Å². The van der Waals surface area contributed by atoms with Gasteiger partial charge in [-0.25, -0.2) is 13.1 Å². The molecule has 0 aliphatic carbocycles. The average molecular weight is 344 g/mol. The minimum absolute atomic E-state index is 0.0573. The van der Waals surface area contributed by atoms with Crippen LogP contribution >= 0.6 is 39.0 Å². The average Bonchev–Trinajstić information content (AvgIpc) is 2.45. The van der Waals surface area contributed by atoms with Crippen LogP contribution in [0.3, 0.4) is 0 Å². The lowest BCUT2D eigenvalue weighted by Crippen LogP contribution is -2.34. The van der Waals surface area contributed by atoms with Crippen molar-refractivity contribution in [2.24, 2.45) is 0 Å². The summed E-state index contributed by atoms with van der Waals surface area (Å²) in [5.41, 5.74) is 0. The van der Waals surface area contributed by atoms with Crippen LogP contribution in [0.25, 0.3) is 0 Å². The van der Waals surface area contributed by atoms with E-state index in [1.807, 2.05) is 20.1 Å². The van der Waals surface area contributed by atoms with Crippen LogP contribution in [0.15, 0.2) is 14.7 Å². The molecule has 3 nitrogen and oxygen atoms in total. The molecule has 0 saturated carbocycles. The predicted molar refractivity (Wildman–Crippen MR) is 74.9 cm³/mol. The van der Waals surface area contributed by atoms with Gasteiger partial charge in [-0.05, 0) is 42.1 Å². The lowest BCUT2D eigenvalue weighted by Gasteiger charge is -2.12. The smallest absolute Gasteiger partial charge is 0.207 e. The third kappa shape index (κ3) is 3.73. The van der Waals surface area contributed by atoms with Gasteiger partial charge in [0.15, 0.2) is 0 Å². The third-order valence-electron chi connectivity index (χ3n) is 1.90. The van der Waals surface area contributed by atoms with Gasteiger partial charge in [0.2, 0.25) is 10.0 Å². The summed E-state index contributed by atoms with van der Waals surface area (Å²) in [6.45, 7) is 3.67. The first-order valence-corrected chi connectivity index (χ1v) is 9.12. The normalized spacial score (nSPS) is 14.0. The van der Waals surface area contributed by atoms with Gasteiger partial charge in [0.25, 0.3) is 0 Å². The molecule has 0 radical (unpaired) electrons. The van der Waals surface area contributed by atoms with Crippen LogP contribution in [-0.4, -0.2) is 26.5 Å². The molecular weight excluding hydrogens is 330 g/mol. The molecule has 1 unspecified atom stereocenters. The van der Waals surface area contributed by atoms with Crippen molar-refractivity contribution < 1.29 is 8.42 Å². The molecule has 1 aromatic heterocycles. The summed E-state index contributed by atoms with van der Waals surface area (Å²) in [6, 6.07) is 1.59. The molecule has 1 heterocycles. The molecule has 0 aliphatic rings. The Morgan fingerprint density at radius 1 is 1.62 bits per heavy atom. The quantitative estimate of drug-likeness (QED) is 0.893. The van der Waals surface area contributed by atoms with Crippen molar-refractivity contribution >= 4 is 49.1 Å². The molecule has 0 bridgehead atoms. The van der Waals surface area contributed by atoms with Gasteiger partial charge in [-0.3, -0.25) is 0 Å². The van der Waals surface area contributed by atoms with Crippen LogP contribution in [0.2, 0.25) is 0 Å². The summed E-state index contributed by atoms with van der Waals surface area (Å²) in [7, 11) is -3.37. The fourth-order valence-corrected chi connectivity index (χ4v) is 5.66. The summed E-state index contributed by atoms with van der Waals surface area (Å²) in [5, 5.41) is 0. The molecule has 1 aromatic rings. The van der Waals surface area contributed by atoms with Crippen molar-refractivity contribution in [2.45, 2.75) is 24.8 Å². The highest BCUT2D eigenvalue weighted by molar-refractivity contribution is 9.11. The van der Waals surface area contributed by atoms with Crippen molar-refractivity contribution in [1.29, 1.82) is 0 Å². The number of halogens is 1. The SMILES string of the molecule is CSCC(C)NS(=O)(=O)c1cc(Br)sc1C. The minimum atomic E-state index is -3.37. The van der Waals surface area contributed by atoms with Crippen LogP contribution < -0.4 is 4.72 Å². The number of hydrogen-bond acceptors (Lipinski definition) is 4. The molecule has 0 fully saturated rings. The topological polar surface area (TPSA) is 46.2 Å². The van der Waals surface area contributed by atoms with E-state index in [-0.39, 0.29) is 6.04 Å². The van der Waals surface area contributed by atoms with Crippen molar-refractivity contribution in [3.8, 4) is 0 Å². The lowest BCUT2D eigenvalue weighted by molar-refractivity contribution is 0.571. The third-order valence-corrected chi connectivity index (χ3v) is 6.14. The van der Waals surface area contributed by atoms with E-state index in [2.05, 4.69) is 20.7 Å². The Morgan fingerprint density at radius 2 is 2.25 bits per heavy atom. The molecular formula is C9H14BrNO2S3. The maximum atomic E-state index is 12.0. The van der Waals surface area contributed by atoms with Crippen LogP contribution in [0, 0.1) is 6.92 Å². The van der Waals surface area contributed by atoms with Crippen molar-refractivity contribution in [2.75, 3.05) is 12.0 Å². The van der Waals surface area contributed by atoms with Crippen LogP contribution in [0.4, 0.5) is 0 Å². The Labute approximate surface area is 113 Å². The number of aryl methyl sites for hydroxylation is 1. The second-order valence-electron chi connectivity index (χ2n) is 3.45. The van der Waals surface area contributed by atoms with Crippen LogP contribution in [0.1, 0.15) is 11.8 Å². The Balaban J connectivity index is 2.90. The number of sulfonamides is 1. The van der Waals surface area contributed by atoms with Gasteiger partial charge in [-0.15, -0.1) is 11.3 Å². The summed E-state index contributed by atoms with van der Waals surface area (Å²) >= 11 is 6.34. The van der Waals surface area contributed by atoms with Gasteiger partial charge in [-0.2, -0.15) is 11.8 Å². The van der Waals surface area contributed by atoms with E-state index in [4.69, 9.17) is 0 Å². The highest BCUT2D eigenvalue weighted by Crippen LogP contribution is 2.29. The van der Waals surface area contributed by atoms with E-state index in [9.17, 15) is 8.42 Å². The standard InChI is InChI=1S/C9H14BrNO2S3/c1-6(5-14-3)11-16(12,13)8-4-9(10)15-7(8)2/h4,6,11H,5H2,1-3H3. The van der Waals surface area contributed by atoms with E-state index in [1.54, 1.807) is 17.8 Å². The molecule has 0 aromatic carbocycles. The number of nitrogens with one attached hydrogen (secondary N) is 1. The number of hydrogen-bond donors (Lipinski definition) is 1. The highest BCUT2D eigenvalue weighted by Gasteiger charge is 2.21. The minimum Gasteiger partial charge on any atom is -0.207 e. The zero-order valence-electron chi connectivity index (χ0n) is 9.28. The molecule has 0 aliphatic heterocycles. The fraction of sp³-hybridized carbons (Fsp3) is 0.556. The second kappa shape index (κ2) is 5.86. The monoisotopic (exact) mass is 343 g/mol. The van der Waals surface area contributed by atoms with E-state index in [0.717, 1.165) is 14.4 Å². The molecule has 0 saturated heterocycles. The molecule has 1 rings (SSSR count). The molecule has 0 amide bonds. The maximum Gasteiger partial charge on any atom is 0.241 e. The van der Waals surface area contributed by atoms with Crippen molar-refractivity contribution in [3.05, 3.63) is 14.7 Å². The maximum absolute atomic E-state index is 12.0. The van der Waals surface area contributed by atoms with Gasteiger partial charge in [0.1, 0.15) is 0 Å². The summed E-state index contributed by atoms with van der Waals surface area (Å²) < 4.78 is 27.5. The Morgan fingerprint density at radius 3 is 2.69 bits per heavy atom.